The molecule has 0 aromatic rings. The van der Waals surface area contributed by atoms with Crippen molar-refractivity contribution in [1.29, 1.82) is 0 Å². The van der Waals surface area contributed by atoms with Gasteiger partial charge in [-0.1, -0.05) is 12.3 Å². The molecule has 4 N–H and O–H groups in total. The van der Waals surface area contributed by atoms with E-state index in [1.807, 2.05) is 6.92 Å². The molecule has 1 unspecified atom stereocenters. The largest absolute Gasteiger partial charge is 0.390 e. The van der Waals surface area contributed by atoms with Crippen LogP contribution in [0.4, 0.5) is 0 Å². The Balaban J connectivity index is 3.55. The number of aliphatic imine (C=N–C) groups is 1. The van der Waals surface area contributed by atoms with Gasteiger partial charge in [-0.3, -0.25) is 0 Å². The molecule has 0 spiro atoms. The number of nitrogens with zero attached hydrogens (tertiary/aromatic N) is 2. The van der Waals surface area contributed by atoms with Crippen LogP contribution in [0.5, 0.6) is 0 Å². The molecule has 14 heavy (non-hydrogen) atoms. The Morgan fingerprint density at radius 2 is 2.50 bits per heavy atom. The number of aliphatic hydroxyl groups is 1. The van der Waals surface area contributed by atoms with Crippen LogP contribution in [0.2, 0.25) is 0 Å². The van der Waals surface area contributed by atoms with Crippen molar-refractivity contribution in [1.82, 2.24) is 5.43 Å². The summed E-state index contributed by atoms with van der Waals surface area (Å²) in [5, 5.41) is 17.7. The fourth-order valence-corrected chi connectivity index (χ4v) is 0.816. The lowest BCUT2D eigenvalue weighted by Gasteiger charge is -2.04. The zero-order valence-electron chi connectivity index (χ0n) is 8.01. The quantitative estimate of drug-likeness (QED) is 0.185. The third-order valence-corrected chi connectivity index (χ3v) is 1.56. The molecule has 0 aromatic carbocycles. The number of aliphatic hydroxyl groups excluding tert-OH is 1. The molecule has 0 heterocycles. The lowest BCUT2D eigenvalue weighted by atomic mass is 10.1. The minimum atomic E-state index is -0.761. The highest BCUT2D eigenvalue weighted by Crippen LogP contribution is 2.06. The second kappa shape index (κ2) is 7.07. The molecule has 0 saturated heterocycles. The van der Waals surface area contributed by atoms with Crippen LogP contribution >= 0.6 is 0 Å². The normalized spacial score (nSPS) is 13.7. The van der Waals surface area contributed by atoms with Gasteiger partial charge in [0.05, 0.1) is 6.61 Å². The fourth-order valence-electron chi connectivity index (χ4n) is 0.816. The topological polar surface area (TPSA) is 114 Å². The summed E-state index contributed by atoms with van der Waals surface area (Å²) in [5.74, 6) is -0.0921. The van der Waals surface area contributed by atoms with Crippen LogP contribution in [-0.4, -0.2) is 22.6 Å². The third kappa shape index (κ3) is 7.29. The molecular weight excluding hydrogens is 188 g/mol. The van der Waals surface area contributed by atoms with Crippen molar-refractivity contribution in [3.63, 3.8) is 0 Å². The smallest absolute Gasteiger partial charge is 0.251 e. The number of hydrazine groups is 1. The van der Waals surface area contributed by atoms with E-state index in [1.54, 1.807) is 5.43 Å². The molecule has 0 aromatic heterocycles. The summed E-state index contributed by atoms with van der Waals surface area (Å²) < 4.78 is 0. The predicted octanol–water partition coefficient (Wildman–Crippen LogP) is 0.0330. The van der Waals surface area contributed by atoms with Crippen LogP contribution in [0.15, 0.2) is 4.99 Å². The summed E-state index contributed by atoms with van der Waals surface area (Å²) in [6, 6.07) is 0. The first-order valence-electron chi connectivity index (χ1n) is 4.24. The second-order valence-corrected chi connectivity index (χ2v) is 2.90. The van der Waals surface area contributed by atoms with Gasteiger partial charge in [0.15, 0.2) is 5.03 Å². The van der Waals surface area contributed by atoms with E-state index in [0.29, 0.717) is 6.54 Å². The minimum Gasteiger partial charge on any atom is -0.390 e. The van der Waals surface area contributed by atoms with Crippen molar-refractivity contribution in [3.05, 3.63) is 16.7 Å². The van der Waals surface area contributed by atoms with Gasteiger partial charge >= 0.3 is 0 Å². The van der Waals surface area contributed by atoms with Crippen LogP contribution in [0.25, 0.3) is 0 Å². The highest BCUT2D eigenvalue weighted by atomic mass is 16.7. The second-order valence-electron chi connectivity index (χ2n) is 2.90. The molecule has 0 bridgehead atoms. The molecule has 1 radical (unpaired) electrons. The molecule has 81 valence electrons. The van der Waals surface area contributed by atoms with E-state index in [9.17, 15) is 10.1 Å². The maximum absolute atomic E-state index is 9.89. The van der Waals surface area contributed by atoms with Crippen LogP contribution in [0.1, 0.15) is 19.8 Å². The van der Waals surface area contributed by atoms with Gasteiger partial charge in [-0.25, -0.2) is 15.1 Å². The SMILES string of the molecule is CC([CH]O)CCCN=C(N)N[N+](=O)[O-]. The van der Waals surface area contributed by atoms with Gasteiger partial charge in [0.2, 0.25) is 0 Å². The Morgan fingerprint density at radius 1 is 1.86 bits per heavy atom. The Hall–Kier alpha value is -1.37. The molecule has 0 saturated carbocycles. The van der Waals surface area contributed by atoms with Crippen molar-refractivity contribution in [2.45, 2.75) is 19.8 Å². The monoisotopic (exact) mass is 203 g/mol. The molecular formula is C7H15N4O3. The average molecular weight is 203 g/mol. The summed E-state index contributed by atoms with van der Waals surface area (Å²) in [5.41, 5.74) is 6.90. The zero-order chi connectivity index (χ0) is 11.0. The Kier molecular flexibility index (Phi) is 6.38. The van der Waals surface area contributed by atoms with Crippen LogP contribution in [0.3, 0.4) is 0 Å². The summed E-state index contributed by atoms with van der Waals surface area (Å²) in [6.07, 6.45) is 1.49. The maximum Gasteiger partial charge on any atom is 0.251 e. The van der Waals surface area contributed by atoms with E-state index in [1.165, 1.54) is 0 Å². The van der Waals surface area contributed by atoms with Gasteiger partial charge < -0.3 is 10.8 Å². The molecule has 1 atom stereocenters. The number of hydrogen-bond donors (Lipinski definition) is 3. The third-order valence-electron chi connectivity index (χ3n) is 1.56. The summed E-state index contributed by atoms with van der Waals surface area (Å²) in [6.45, 7) is 3.38. The zero-order valence-corrected chi connectivity index (χ0v) is 8.01. The van der Waals surface area contributed by atoms with E-state index in [0.717, 1.165) is 19.4 Å². The van der Waals surface area contributed by atoms with Crippen molar-refractivity contribution in [3.8, 4) is 0 Å². The average Bonchev–Trinajstić information content (AvgIpc) is 2.10. The Bertz CT molecular complexity index is 207. The first-order valence-corrected chi connectivity index (χ1v) is 4.24. The summed E-state index contributed by atoms with van der Waals surface area (Å²) in [4.78, 5) is 13.6. The highest BCUT2D eigenvalue weighted by molar-refractivity contribution is 5.76. The van der Waals surface area contributed by atoms with Gasteiger partial charge in [-0.05, 0) is 18.8 Å². The molecule has 7 nitrogen and oxygen atoms in total. The summed E-state index contributed by atoms with van der Waals surface area (Å²) >= 11 is 0. The number of hydrogen-bond acceptors (Lipinski definition) is 4. The Labute approximate surface area is 82.1 Å². The lowest BCUT2D eigenvalue weighted by molar-refractivity contribution is -0.525. The van der Waals surface area contributed by atoms with Crippen molar-refractivity contribution < 1.29 is 10.1 Å². The number of nitrogens with two attached hydrogens (primary N) is 1. The fraction of sp³-hybridized carbons (Fsp3) is 0.714. The predicted molar refractivity (Wildman–Crippen MR) is 51.3 cm³/mol. The van der Waals surface area contributed by atoms with E-state index < -0.39 is 5.03 Å². The summed E-state index contributed by atoms with van der Waals surface area (Å²) in [7, 11) is 0. The maximum atomic E-state index is 9.89. The van der Waals surface area contributed by atoms with Gasteiger partial charge in [-0.15, -0.1) is 0 Å². The van der Waals surface area contributed by atoms with E-state index in [4.69, 9.17) is 10.8 Å². The number of guanidine groups is 1. The first kappa shape index (κ1) is 12.6. The standard InChI is InChI=1S/C7H15N4O3/c1-6(5-12)3-2-4-9-7(8)10-11(13)14/h5-6,12H,2-4H2,1H3,(H3,8,9,10). The number of rotatable bonds is 6. The van der Waals surface area contributed by atoms with Gasteiger partial charge in [0.25, 0.3) is 5.96 Å². The molecule has 0 rings (SSSR count). The van der Waals surface area contributed by atoms with Crippen LogP contribution < -0.4 is 11.2 Å². The molecule has 7 heteroatoms. The van der Waals surface area contributed by atoms with Gasteiger partial charge in [0.1, 0.15) is 0 Å². The van der Waals surface area contributed by atoms with Gasteiger partial charge in [0, 0.05) is 6.54 Å². The van der Waals surface area contributed by atoms with Crippen molar-refractivity contribution in [2.24, 2.45) is 16.6 Å². The van der Waals surface area contributed by atoms with E-state index in [2.05, 4.69) is 4.99 Å². The number of nitrogens with one attached hydrogen (secondary N) is 1. The minimum absolute atomic E-state index is 0.106. The van der Waals surface area contributed by atoms with Crippen molar-refractivity contribution >= 4 is 5.96 Å². The lowest BCUT2D eigenvalue weighted by Crippen LogP contribution is -2.36. The van der Waals surface area contributed by atoms with Crippen LogP contribution in [-0.2, 0) is 0 Å². The molecule has 0 amide bonds. The molecule has 0 aliphatic heterocycles. The molecule has 0 fully saturated rings. The number of nitro groups is 1. The van der Waals surface area contributed by atoms with E-state index >= 15 is 0 Å². The highest BCUT2D eigenvalue weighted by Gasteiger charge is 2.00. The van der Waals surface area contributed by atoms with E-state index in [-0.39, 0.29) is 11.9 Å². The Morgan fingerprint density at radius 3 is 3.00 bits per heavy atom. The van der Waals surface area contributed by atoms with Crippen molar-refractivity contribution in [2.75, 3.05) is 6.54 Å². The molecule has 0 aliphatic rings. The first-order chi connectivity index (χ1) is 6.56. The van der Waals surface area contributed by atoms with Gasteiger partial charge in [-0.2, -0.15) is 0 Å². The molecule has 0 aliphatic carbocycles. The van der Waals surface area contributed by atoms with Crippen LogP contribution in [0, 0.1) is 22.6 Å².